The number of thioether (sulfide) groups is 1. The van der Waals surface area contributed by atoms with Crippen LogP contribution in [0.1, 0.15) is 5.56 Å². The van der Waals surface area contributed by atoms with E-state index >= 15 is 0 Å². The van der Waals surface area contributed by atoms with Crippen LogP contribution in [0.15, 0.2) is 40.2 Å². The molecule has 1 fully saturated rings. The summed E-state index contributed by atoms with van der Waals surface area (Å²) in [6, 6.07) is 8.64. The van der Waals surface area contributed by atoms with Gasteiger partial charge < -0.3 is 19.5 Å². The molecule has 1 aliphatic heterocycles. The highest BCUT2D eigenvalue weighted by Gasteiger charge is 2.25. The number of ether oxygens (including phenoxy) is 3. The van der Waals surface area contributed by atoms with Crippen LogP contribution >= 0.6 is 35.0 Å². The lowest BCUT2D eigenvalue weighted by molar-refractivity contribution is -0.115. The summed E-state index contributed by atoms with van der Waals surface area (Å²) in [4.78, 5) is 17.2. The molecule has 3 rings (SSSR count). The fourth-order valence-corrected chi connectivity index (χ4v) is 3.68. The molecule has 9 heteroatoms. The molecule has 1 N–H and O–H groups in total. The van der Waals surface area contributed by atoms with E-state index in [4.69, 9.17) is 37.4 Å². The van der Waals surface area contributed by atoms with Crippen LogP contribution in [0.2, 0.25) is 10.0 Å². The topological polar surface area (TPSA) is 69.2 Å². The Morgan fingerprint density at radius 2 is 1.75 bits per heavy atom. The van der Waals surface area contributed by atoms with Crippen LogP contribution in [0.3, 0.4) is 0 Å². The van der Waals surface area contributed by atoms with Gasteiger partial charge in [0.25, 0.3) is 5.91 Å². The molecule has 6 nitrogen and oxygen atoms in total. The largest absolute Gasteiger partial charge is 0.493 e. The first-order valence-electron chi connectivity index (χ1n) is 8.00. The summed E-state index contributed by atoms with van der Waals surface area (Å²) < 4.78 is 16.0. The van der Waals surface area contributed by atoms with Crippen LogP contribution in [0, 0.1) is 0 Å². The standard InChI is InChI=1S/C19H16Cl2N2O4S/c1-25-13-7-10(8-14(26-2)17(13)27-3)9-15-18(24)23-19(28-15)22-12-6-4-5-11(20)16(12)21/h4-9H,1-3H3,(H,22,23,24)/b15-9-. The average molecular weight is 439 g/mol. The third-order valence-corrected chi connectivity index (χ3v) is 5.51. The van der Waals surface area contributed by atoms with Gasteiger partial charge in [0.15, 0.2) is 16.7 Å². The van der Waals surface area contributed by atoms with Crippen molar-refractivity contribution in [2.45, 2.75) is 0 Å². The van der Waals surface area contributed by atoms with Gasteiger partial charge in [-0.3, -0.25) is 4.79 Å². The monoisotopic (exact) mass is 438 g/mol. The normalized spacial score (nSPS) is 16.4. The lowest BCUT2D eigenvalue weighted by atomic mass is 10.1. The number of nitrogens with zero attached hydrogens (tertiary/aromatic N) is 1. The van der Waals surface area contributed by atoms with Crippen LogP contribution in [0.25, 0.3) is 6.08 Å². The molecule has 0 atom stereocenters. The third kappa shape index (κ3) is 4.22. The fourth-order valence-electron chi connectivity index (χ4n) is 2.50. The number of carbonyl (C=O) groups is 1. The maximum absolute atomic E-state index is 12.3. The number of hydrogen-bond donors (Lipinski definition) is 1. The lowest BCUT2D eigenvalue weighted by Gasteiger charge is -2.12. The number of methoxy groups -OCH3 is 3. The number of halogens is 2. The molecule has 0 unspecified atom stereocenters. The predicted molar refractivity (Wildman–Crippen MR) is 113 cm³/mol. The van der Waals surface area contributed by atoms with Crippen molar-refractivity contribution in [1.82, 2.24) is 5.32 Å². The zero-order valence-electron chi connectivity index (χ0n) is 15.2. The molecule has 1 saturated heterocycles. The SMILES string of the molecule is COc1cc(/C=C2\SC(=Nc3cccc(Cl)c3Cl)NC2=O)cc(OC)c1OC. The molecular weight excluding hydrogens is 423 g/mol. The van der Waals surface area contributed by atoms with Crippen molar-refractivity contribution in [3.05, 3.63) is 50.8 Å². The molecule has 0 aromatic heterocycles. The number of rotatable bonds is 5. The van der Waals surface area contributed by atoms with Crippen molar-refractivity contribution in [2.75, 3.05) is 21.3 Å². The Morgan fingerprint density at radius 1 is 1.07 bits per heavy atom. The van der Waals surface area contributed by atoms with Crippen LogP contribution in [-0.4, -0.2) is 32.4 Å². The highest BCUT2D eigenvalue weighted by atomic mass is 35.5. The summed E-state index contributed by atoms with van der Waals surface area (Å²) in [6.07, 6.45) is 1.71. The summed E-state index contributed by atoms with van der Waals surface area (Å²) >= 11 is 13.4. The Bertz CT molecular complexity index is 967. The molecule has 0 bridgehead atoms. The maximum atomic E-state index is 12.3. The number of carbonyl (C=O) groups excluding carboxylic acids is 1. The molecule has 2 aromatic rings. The number of aliphatic imine (C=N–C) groups is 1. The van der Waals surface area contributed by atoms with Gasteiger partial charge in [-0.15, -0.1) is 0 Å². The highest BCUT2D eigenvalue weighted by molar-refractivity contribution is 8.18. The second-order valence-electron chi connectivity index (χ2n) is 5.51. The molecule has 0 aliphatic carbocycles. The van der Waals surface area contributed by atoms with Crippen molar-refractivity contribution in [3.8, 4) is 17.2 Å². The van der Waals surface area contributed by atoms with E-state index in [0.717, 1.165) is 0 Å². The van der Waals surface area contributed by atoms with Crippen LogP contribution in [-0.2, 0) is 4.79 Å². The van der Waals surface area contributed by atoms with Gasteiger partial charge in [0.1, 0.15) is 0 Å². The lowest BCUT2D eigenvalue weighted by Crippen LogP contribution is -2.19. The Hall–Kier alpha value is -2.35. The van der Waals surface area contributed by atoms with E-state index in [1.165, 1.54) is 33.1 Å². The Kier molecular flexibility index (Phi) is 6.39. The minimum absolute atomic E-state index is 0.268. The number of amidine groups is 1. The quantitative estimate of drug-likeness (QED) is 0.671. The van der Waals surface area contributed by atoms with Crippen molar-refractivity contribution in [2.24, 2.45) is 4.99 Å². The number of hydrogen-bond acceptors (Lipinski definition) is 6. The molecule has 146 valence electrons. The third-order valence-electron chi connectivity index (χ3n) is 3.79. The van der Waals surface area contributed by atoms with Gasteiger partial charge in [-0.2, -0.15) is 0 Å². The first kappa shape index (κ1) is 20.4. The summed E-state index contributed by atoms with van der Waals surface area (Å²) in [7, 11) is 4.60. The van der Waals surface area contributed by atoms with Crippen LogP contribution in [0.4, 0.5) is 5.69 Å². The second kappa shape index (κ2) is 8.77. The van der Waals surface area contributed by atoms with Gasteiger partial charge in [0.05, 0.1) is 42.0 Å². The van der Waals surface area contributed by atoms with E-state index in [1.54, 1.807) is 36.4 Å². The predicted octanol–water partition coefficient (Wildman–Crippen LogP) is 4.91. The van der Waals surface area contributed by atoms with Gasteiger partial charge in [-0.05, 0) is 47.7 Å². The summed E-state index contributed by atoms with van der Waals surface area (Å²) in [6.45, 7) is 0. The van der Waals surface area contributed by atoms with Gasteiger partial charge >= 0.3 is 0 Å². The number of benzene rings is 2. The fraction of sp³-hybridized carbons (Fsp3) is 0.158. The smallest absolute Gasteiger partial charge is 0.264 e. The van der Waals surface area contributed by atoms with E-state index in [0.29, 0.717) is 48.6 Å². The Labute approximate surface area is 176 Å². The minimum atomic E-state index is -0.268. The van der Waals surface area contributed by atoms with E-state index in [-0.39, 0.29) is 5.91 Å². The maximum Gasteiger partial charge on any atom is 0.264 e. The molecule has 1 heterocycles. The van der Waals surface area contributed by atoms with E-state index in [2.05, 4.69) is 10.3 Å². The van der Waals surface area contributed by atoms with Crippen molar-refractivity contribution >= 4 is 57.8 Å². The highest BCUT2D eigenvalue weighted by Crippen LogP contribution is 2.40. The molecule has 1 aliphatic rings. The van der Waals surface area contributed by atoms with Gasteiger partial charge in [0, 0.05) is 0 Å². The minimum Gasteiger partial charge on any atom is -0.493 e. The molecule has 2 aromatic carbocycles. The zero-order valence-corrected chi connectivity index (χ0v) is 17.5. The Balaban J connectivity index is 1.93. The van der Waals surface area contributed by atoms with E-state index < -0.39 is 0 Å². The first-order valence-corrected chi connectivity index (χ1v) is 9.57. The molecule has 28 heavy (non-hydrogen) atoms. The van der Waals surface area contributed by atoms with Gasteiger partial charge in [-0.25, -0.2) is 4.99 Å². The molecular formula is C19H16Cl2N2O4S. The Morgan fingerprint density at radius 3 is 2.36 bits per heavy atom. The van der Waals surface area contributed by atoms with Crippen LogP contribution < -0.4 is 19.5 Å². The summed E-state index contributed by atoms with van der Waals surface area (Å²) in [5.41, 5.74) is 1.19. The van der Waals surface area contributed by atoms with Crippen molar-refractivity contribution < 1.29 is 19.0 Å². The van der Waals surface area contributed by atoms with Crippen LogP contribution in [0.5, 0.6) is 17.2 Å². The molecule has 0 saturated carbocycles. The molecule has 0 radical (unpaired) electrons. The van der Waals surface area contributed by atoms with Gasteiger partial charge in [0.2, 0.25) is 5.75 Å². The molecule has 1 amide bonds. The second-order valence-corrected chi connectivity index (χ2v) is 7.33. The number of nitrogens with one attached hydrogen (secondary N) is 1. The van der Waals surface area contributed by atoms with E-state index in [1.807, 2.05) is 0 Å². The van der Waals surface area contributed by atoms with E-state index in [9.17, 15) is 4.79 Å². The van der Waals surface area contributed by atoms with Crippen molar-refractivity contribution in [1.29, 1.82) is 0 Å². The average Bonchev–Trinajstić information content (AvgIpc) is 3.03. The first-order chi connectivity index (χ1) is 13.5. The summed E-state index contributed by atoms with van der Waals surface area (Å²) in [5, 5.41) is 3.85. The molecule has 0 spiro atoms. The number of amides is 1. The van der Waals surface area contributed by atoms with Crippen molar-refractivity contribution in [3.63, 3.8) is 0 Å². The summed E-state index contributed by atoms with van der Waals surface area (Å²) in [5.74, 6) is 1.21. The van der Waals surface area contributed by atoms with Gasteiger partial charge in [-0.1, -0.05) is 29.3 Å². The zero-order chi connectivity index (χ0) is 20.3.